The summed E-state index contributed by atoms with van der Waals surface area (Å²) in [4.78, 5) is -0.369. The molecule has 1 aromatic carbocycles. The van der Waals surface area contributed by atoms with Crippen molar-refractivity contribution in [2.75, 3.05) is 14.2 Å². The molecule has 0 radical (unpaired) electrons. The van der Waals surface area contributed by atoms with E-state index in [4.69, 9.17) is 9.47 Å². The average molecular weight is 332 g/mol. The highest BCUT2D eigenvalue weighted by atomic mass is 32.2. The second-order valence-electron chi connectivity index (χ2n) is 5.17. The van der Waals surface area contributed by atoms with Gasteiger partial charge >= 0.3 is 0 Å². The summed E-state index contributed by atoms with van der Waals surface area (Å²) in [5.74, 6) is -0.647. The van der Waals surface area contributed by atoms with Crippen molar-refractivity contribution in [1.82, 2.24) is 0 Å². The molecule has 0 amide bonds. The van der Waals surface area contributed by atoms with Crippen molar-refractivity contribution < 1.29 is 27.6 Å². The Bertz CT molecular complexity index is 636. The maximum Gasteiger partial charge on any atom is 0.298 e. The Balaban J connectivity index is 4.02. The largest absolute Gasteiger partial charge is 0.502 e. The monoisotopic (exact) mass is 332 g/mol. The van der Waals surface area contributed by atoms with E-state index in [0.29, 0.717) is 24.0 Å². The molecule has 0 spiro atoms. The maximum atomic E-state index is 11.9. The zero-order chi connectivity index (χ0) is 17.1. The fourth-order valence-corrected chi connectivity index (χ4v) is 3.64. The Morgan fingerprint density at radius 1 is 1.14 bits per heavy atom. The number of benzene rings is 1. The first-order chi connectivity index (χ1) is 10.2. The minimum Gasteiger partial charge on any atom is -0.502 e. The van der Waals surface area contributed by atoms with Crippen LogP contribution in [0.25, 0.3) is 0 Å². The molecule has 6 nitrogen and oxygen atoms in total. The highest BCUT2D eigenvalue weighted by molar-refractivity contribution is 7.86. The van der Waals surface area contributed by atoms with E-state index < -0.39 is 15.9 Å². The Morgan fingerprint density at radius 2 is 1.68 bits per heavy atom. The topological polar surface area (TPSA) is 93.1 Å². The molecule has 2 N–H and O–H groups in total. The molecule has 0 fully saturated rings. The molecule has 1 rings (SSSR count). The van der Waals surface area contributed by atoms with E-state index in [9.17, 15) is 18.1 Å². The van der Waals surface area contributed by atoms with Crippen LogP contribution >= 0.6 is 0 Å². The summed E-state index contributed by atoms with van der Waals surface area (Å²) in [6, 6.07) is 0. The Morgan fingerprint density at radius 3 is 2.05 bits per heavy atom. The van der Waals surface area contributed by atoms with Crippen LogP contribution in [0.3, 0.4) is 0 Å². The number of phenols is 1. The van der Waals surface area contributed by atoms with Crippen molar-refractivity contribution >= 4 is 10.1 Å². The van der Waals surface area contributed by atoms with E-state index in [1.165, 1.54) is 14.2 Å². The molecule has 0 aliphatic rings. The number of hydrogen-bond donors (Lipinski definition) is 2. The van der Waals surface area contributed by atoms with Crippen molar-refractivity contribution in [2.45, 2.75) is 50.8 Å². The third-order valence-electron chi connectivity index (χ3n) is 3.75. The van der Waals surface area contributed by atoms with Gasteiger partial charge in [-0.3, -0.25) is 4.55 Å². The van der Waals surface area contributed by atoms with E-state index in [-0.39, 0.29) is 22.3 Å². The van der Waals surface area contributed by atoms with Gasteiger partial charge in [-0.05, 0) is 24.3 Å². The molecule has 7 heteroatoms. The summed E-state index contributed by atoms with van der Waals surface area (Å²) < 4.78 is 43.7. The van der Waals surface area contributed by atoms with Crippen LogP contribution in [0.5, 0.6) is 17.2 Å². The fourth-order valence-electron chi connectivity index (χ4n) is 2.62. The van der Waals surface area contributed by atoms with Gasteiger partial charge in [0.1, 0.15) is 4.90 Å². The van der Waals surface area contributed by atoms with Gasteiger partial charge in [0.15, 0.2) is 11.5 Å². The maximum absolute atomic E-state index is 11.9. The minimum absolute atomic E-state index is 0.151. The molecule has 0 aromatic heterocycles. The third kappa shape index (κ3) is 3.30. The molecule has 0 heterocycles. The van der Waals surface area contributed by atoms with Gasteiger partial charge in [0.05, 0.1) is 14.2 Å². The summed E-state index contributed by atoms with van der Waals surface area (Å²) in [7, 11) is -1.92. The standard InChI is InChI=1S/C15H24O6S/c1-6-8-10-11(9(3)7-2)15(22(17,18)19)14(21-5)12(16)13(10)20-4/h9,16H,6-8H2,1-5H3,(H,17,18,19). The molecule has 0 saturated carbocycles. The van der Waals surface area contributed by atoms with Crippen LogP contribution in [-0.4, -0.2) is 32.3 Å². The number of phenolic OH excluding ortho intramolecular Hbond substituents is 1. The lowest BCUT2D eigenvalue weighted by atomic mass is 9.90. The molecule has 1 atom stereocenters. The van der Waals surface area contributed by atoms with E-state index in [2.05, 4.69) is 0 Å². The van der Waals surface area contributed by atoms with E-state index in [1.807, 2.05) is 20.8 Å². The third-order valence-corrected chi connectivity index (χ3v) is 4.67. The van der Waals surface area contributed by atoms with Crippen molar-refractivity contribution in [3.63, 3.8) is 0 Å². The summed E-state index contributed by atoms with van der Waals surface area (Å²) in [5.41, 5.74) is 1.03. The van der Waals surface area contributed by atoms with Crippen LogP contribution in [0, 0.1) is 0 Å². The molecule has 0 aliphatic carbocycles. The van der Waals surface area contributed by atoms with Crippen LogP contribution < -0.4 is 9.47 Å². The molecule has 126 valence electrons. The van der Waals surface area contributed by atoms with Crippen LogP contribution in [0.4, 0.5) is 0 Å². The Kier molecular flexibility index (Phi) is 6.08. The molecule has 0 bridgehead atoms. The van der Waals surface area contributed by atoms with Crippen molar-refractivity contribution in [2.24, 2.45) is 0 Å². The van der Waals surface area contributed by atoms with Crippen LogP contribution in [0.2, 0.25) is 0 Å². The lowest BCUT2D eigenvalue weighted by Crippen LogP contribution is -2.13. The summed E-state index contributed by atoms with van der Waals surface area (Å²) in [6.45, 7) is 5.72. The van der Waals surface area contributed by atoms with Gasteiger partial charge < -0.3 is 14.6 Å². The second kappa shape index (κ2) is 7.19. The minimum atomic E-state index is -4.56. The number of rotatable bonds is 7. The lowest BCUT2D eigenvalue weighted by molar-refractivity contribution is 0.326. The molecular formula is C15H24O6S. The van der Waals surface area contributed by atoms with Crippen molar-refractivity contribution in [1.29, 1.82) is 0 Å². The zero-order valence-electron chi connectivity index (χ0n) is 13.6. The summed E-state index contributed by atoms with van der Waals surface area (Å²) in [6.07, 6.45) is 1.91. The van der Waals surface area contributed by atoms with Crippen molar-refractivity contribution in [3.05, 3.63) is 11.1 Å². The molecule has 22 heavy (non-hydrogen) atoms. The number of hydrogen-bond acceptors (Lipinski definition) is 5. The van der Waals surface area contributed by atoms with E-state index >= 15 is 0 Å². The first-order valence-electron chi connectivity index (χ1n) is 7.21. The van der Waals surface area contributed by atoms with Gasteiger partial charge in [0.25, 0.3) is 10.1 Å². The van der Waals surface area contributed by atoms with Gasteiger partial charge in [0, 0.05) is 5.56 Å². The fraction of sp³-hybridized carbons (Fsp3) is 0.600. The predicted octanol–water partition coefficient (Wildman–Crippen LogP) is 3.12. The highest BCUT2D eigenvalue weighted by Crippen LogP contribution is 2.49. The average Bonchev–Trinajstić information content (AvgIpc) is 2.45. The van der Waals surface area contributed by atoms with Crippen molar-refractivity contribution in [3.8, 4) is 17.2 Å². The van der Waals surface area contributed by atoms with Crippen LogP contribution in [0.15, 0.2) is 4.90 Å². The quantitative estimate of drug-likeness (QED) is 0.745. The zero-order valence-corrected chi connectivity index (χ0v) is 14.5. The van der Waals surface area contributed by atoms with Gasteiger partial charge in [0.2, 0.25) is 5.75 Å². The Hall–Kier alpha value is -1.47. The molecular weight excluding hydrogens is 308 g/mol. The van der Waals surface area contributed by atoms with E-state index in [0.717, 1.165) is 6.42 Å². The Labute approximate surface area is 131 Å². The predicted molar refractivity (Wildman–Crippen MR) is 83.7 cm³/mol. The highest BCUT2D eigenvalue weighted by Gasteiger charge is 2.33. The van der Waals surface area contributed by atoms with Crippen LogP contribution in [-0.2, 0) is 16.5 Å². The first kappa shape index (κ1) is 18.6. The van der Waals surface area contributed by atoms with Gasteiger partial charge in [-0.25, -0.2) is 0 Å². The summed E-state index contributed by atoms with van der Waals surface area (Å²) >= 11 is 0. The first-order valence-corrected chi connectivity index (χ1v) is 8.65. The van der Waals surface area contributed by atoms with Crippen LogP contribution in [0.1, 0.15) is 50.7 Å². The molecule has 1 aromatic rings. The molecule has 1 unspecified atom stereocenters. The summed E-state index contributed by atoms with van der Waals surface area (Å²) in [5, 5.41) is 10.3. The van der Waals surface area contributed by atoms with Gasteiger partial charge in [-0.15, -0.1) is 0 Å². The van der Waals surface area contributed by atoms with Gasteiger partial charge in [-0.2, -0.15) is 8.42 Å². The molecule has 0 saturated heterocycles. The normalized spacial score (nSPS) is 13.0. The number of methoxy groups -OCH3 is 2. The van der Waals surface area contributed by atoms with E-state index in [1.54, 1.807) is 0 Å². The second-order valence-corrected chi connectivity index (χ2v) is 6.53. The lowest BCUT2D eigenvalue weighted by Gasteiger charge is -2.24. The smallest absolute Gasteiger partial charge is 0.298 e. The number of ether oxygens (including phenoxy) is 2. The number of aromatic hydroxyl groups is 1. The van der Waals surface area contributed by atoms with Gasteiger partial charge in [-0.1, -0.05) is 27.2 Å². The molecule has 0 aliphatic heterocycles. The SMILES string of the molecule is CCCc1c(OC)c(O)c(OC)c(S(=O)(=O)O)c1C(C)CC.